The first-order valence-corrected chi connectivity index (χ1v) is 12.1. The monoisotopic (exact) mass is 444 g/mol. The Morgan fingerprint density at radius 1 is 1.06 bits per heavy atom. The van der Waals surface area contributed by atoms with Crippen molar-refractivity contribution in [1.29, 1.82) is 0 Å². The first-order chi connectivity index (χ1) is 15.0. The molecule has 2 saturated heterocycles. The SMILES string of the molecule is COc1ccc(S(=O)(=O)N2CCC(C(=O)Nc3cccnc3N3CCCC3)CC2)cc1. The second kappa shape index (κ2) is 9.23. The summed E-state index contributed by atoms with van der Waals surface area (Å²) in [5.74, 6) is 1.12. The van der Waals surface area contributed by atoms with Crippen molar-refractivity contribution in [3.63, 3.8) is 0 Å². The van der Waals surface area contributed by atoms with Crippen LogP contribution in [0.5, 0.6) is 5.75 Å². The zero-order chi connectivity index (χ0) is 21.8. The van der Waals surface area contributed by atoms with Gasteiger partial charge in [-0.05, 0) is 62.1 Å². The first-order valence-electron chi connectivity index (χ1n) is 10.6. The molecule has 1 amide bonds. The van der Waals surface area contributed by atoms with Crippen LogP contribution in [0.25, 0.3) is 0 Å². The lowest BCUT2D eigenvalue weighted by atomic mass is 9.97. The third kappa shape index (κ3) is 4.67. The summed E-state index contributed by atoms with van der Waals surface area (Å²) in [5.41, 5.74) is 0.725. The Hall–Kier alpha value is -2.65. The minimum absolute atomic E-state index is 0.0741. The normalized spacial score (nSPS) is 18.2. The number of anilines is 2. The predicted molar refractivity (Wildman–Crippen MR) is 119 cm³/mol. The van der Waals surface area contributed by atoms with Crippen LogP contribution in [0.4, 0.5) is 11.5 Å². The molecule has 1 aromatic carbocycles. The fraction of sp³-hybridized carbons (Fsp3) is 0.455. The number of aromatic nitrogens is 1. The maximum Gasteiger partial charge on any atom is 0.243 e. The van der Waals surface area contributed by atoms with E-state index in [2.05, 4.69) is 15.2 Å². The van der Waals surface area contributed by atoms with E-state index in [1.165, 1.54) is 4.31 Å². The van der Waals surface area contributed by atoms with Crippen LogP contribution in [0, 0.1) is 5.92 Å². The first kappa shape index (κ1) is 21.6. The molecule has 0 radical (unpaired) electrons. The fourth-order valence-corrected chi connectivity index (χ4v) is 5.64. The van der Waals surface area contributed by atoms with Crippen LogP contribution in [0.3, 0.4) is 0 Å². The molecule has 2 fully saturated rings. The van der Waals surface area contributed by atoms with Gasteiger partial charge in [0, 0.05) is 38.3 Å². The molecule has 0 unspecified atom stereocenters. The lowest BCUT2D eigenvalue weighted by Gasteiger charge is -2.31. The van der Waals surface area contributed by atoms with Gasteiger partial charge in [0.1, 0.15) is 5.75 Å². The molecule has 9 heteroatoms. The Labute approximate surface area is 183 Å². The van der Waals surface area contributed by atoms with E-state index in [1.54, 1.807) is 37.6 Å². The second-order valence-corrected chi connectivity index (χ2v) is 9.85. The van der Waals surface area contributed by atoms with Gasteiger partial charge in [-0.3, -0.25) is 4.79 Å². The number of piperidine rings is 1. The number of nitrogens with zero attached hydrogens (tertiary/aromatic N) is 3. The van der Waals surface area contributed by atoms with Crippen LogP contribution in [-0.4, -0.2) is 56.9 Å². The topological polar surface area (TPSA) is 91.8 Å². The summed E-state index contributed by atoms with van der Waals surface area (Å²) in [7, 11) is -2.04. The van der Waals surface area contributed by atoms with Gasteiger partial charge in [-0.2, -0.15) is 4.31 Å². The van der Waals surface area contributed by atoms with Gasteiger partial charge in [-0.25, -0.2) is 13.4 Å². The molecule has 3 heterocycles. The maximum absolute atomic E-state index is 12.9. The largest absolute Gasteiger partial charge is 0.497 e. The number of carbonyl (C=O) groups excluding carboxylic acids is 1. The molecule has 0 aliphatic carbocycles. The number of methoxy groups -OCH3 is 1. The molecule has 0 saturated carbocycles. The summed E-state index contributed by atoms with van der Waals surface area (Å²) in [4.78, 5) is 19.8. The smallest absolute Gasteiger partial charge is 0.243 e. The molecule has 1 N–H and O–H groups in total. The van der Waals surface area contributed by atoms with Crippen molar-refractivity contribution in [3.05, 3.63) is 42.6 Å². The number of hydrogen-bond donors (Lipinski definition) is 1. The van der Waals surface area contributed by atoms with E-state index in [9.17, 15) is 13.2 Å². The van der Waals surface area contributed by atoms with Gasteiger partial charge >= 0.3 is 0 Å². The Kier molecular flexibility index (Phi) is 6.43. The fourth-order valence-electron chi connectivity index (χ4n) is 4.17. The molecule has 31 heavy (non-hydrogen) atoms. The third-order valence-electron chi connectivity index (χ3n) is 5.97. The molecule has 2 aromatic rings. The maximum atomic E-state index is 12.9. The van der Waals surface area contributed by atoms with Gasteiger partial charge in [0.2, 0.25) is 15.9 Å². The molecular weight excluding hydrogens is 416 g/mol. The van der Waals surface area contributed by atoms with E-state index >= 15 is 0 Å². The van der Waals surface area contributed by atoms with Gasteiger partial charge < -0.3 is 15.0 Å². The highest BCUT2D eigenvalue weighted by Gasteiger charge is 2.32. The van der Waals surface area contributed by atoms with Crippen molar-refractivity contribution in [3.8, 4) is 5.75 Å². The van der Waals surface area contributed by atoms with E-state index in [4.69, 9.17) is 4.74 Å². The molecule has 8 nitrogen and oxygen atoms in total. The molecule has 166 valence electrons. The van der Waals surface area contributed by atoms with Crippen molar-refractivity contribution in [2.24, 2.45) is 5.92 Å². The lowest BCUT2D eigenvalue weighted by Crippen LogP contribution is -2.41. The summed E-state index contributed by atoms with van der Waals surface area (Å²) >= 11 is 0. The van der Waals surface area contributed by atoms with Crippen molar-refractivity contribution >= 4 is 27.4 Å². The summed E-state index contributed by atoms with van der Waals surface area (Å²) in [6, 6.07) is 10.1. The molecule has 2 aliphatic heterocycles. The minimum atomic E-state index is -3.58. The summed E-state index contributed by atoms with van der Waals surface area (Å²) < 4.78 is 32.4. The van der Waals surface area contributed by atoms with Crippen LogP contribution >= 0.6 is 0 Å². The average Bonchev–Trinajstić information content (AvgIpc) is 3.34. The number of pyridine rings is 1. The Morgan fingerprint density at radius 3 is 2.39 bits per heavy atom. The number of ether oxygens (including phenoxy) is 1. The predicted octanol–water partition coefficient (Wildman–Crippen LogP) is 2.73. The van der Waals surface area contributed by atoms with Crippen molar-refractivity contribution < 1.29 is 17.9 Å². The standard InChI is InChI=1S/C22H28N4O4S/c1-30-18-6-8-19(9-7-18)31(28,29)26-15-10-17(11-16-26)22(27)24-20-5-4-12-23-21(20)25-13-2-3-14-25/h4-9,12,17H,2-3,10-11,13-16H2,1H3,(H,24,27). The third-order valence-corrected chi connectivity index (χ3v) is 7.88. The van der Waals surface area contributed by atoms with E-state index in [-0.39, 0.29) is 16.7 Å². The Bertz CT molecular complexity index is 1010. The van der Waals surface area contributed by atoms with Crippen LogP contribution in [0.2, 0.25) is 0 Å². The Balaban J connectivity index is 1.38. The van der Waals surface area contributed by atoms with Gasteiger partial charge in [0.25, 0.3) is 0 Å². The Morgan fingerprint density at radius 2 is 1.74 bits per heavy atom. The highest BCUT2D eigenvalue weighted by molar-refractivity contribution is 7.89. The van der Waals surface area contributed by atoms with Gasteiger partial charge in [0.05, 0.1) is 17.7 Å². The molecular formula is C22H28N4O4S. The van der Waals surface area contributed by atoms with Crippen molar-refractivity contribution in [1.82, 2.24) is 9.29 Å². The molecule has 0 spiro atoms. The van der Waals surface area contributed by atoms with Gasteiger partial charge in [-0.15, -0.1) is 0 Å². The minimum Gasteiger partial charge on any atom is -0.497 e. The number of hydrogen-bond acceptors (Lipinski definition) is 6. The molecule has 0 bridgehead atoms. The number of amides is 1. The van der Waals surface area contributed by atoms with Crippen molar-refractivity contribution in [2.45, 2.75) is 30.6 Å². The number of carbonyl (C=O) groups is 1. The van der Waals surface area contributed by atoms with Gasteiger partial charge in [0.15, 0.2) is 5.82 Å². The quantitative estimate of drug-likeness (QED) is 0.737. The van der Waals surface area contributed by atoms with E-state index < -0.39 is 10.0 Å². The summed E-state index contributed by atoms with van der Waals surface area (Å²) in [5, 5.41) is 3.03. The molecule has 0 atom stereocenters. The zero-order valence-corrected chi connectivity index (χ0v) is 18.5. The molecule has 2 aliphatic rings. The summed E-state index contributed by atoms with van der Waals surface area (Å²) in [6.07, 6.45) is 4.98. The number of nitrogens with one attached hydrogen (secondary N) is 1. The molecule has 4 rings (SSSR count). The summed E-state index contributed by atoms with van der Waals surface area (Å²) in [6.45, 7) is 2.53. The van der Waals surface area contributed by atoms with Crippen LogP contribution in [0.15, 0.2) is 47.5 Å². The number of benzene rings is 1. The molecule has 1 aromatic heterocycles. The van der Waals surface area contributed by atoms with Crippen LogP contribution in [-0.2, 0) is 14.8 Å². The zero-order valence-electron chi connectivity index (χ0n) is 17.7. The van der Waals surface area contributed by atoms with Crippen LogP contribution in [0.1, 0.15) is 25.7 Å². The van der Waals surface area contributed by atoms with Crippen LogP contribution < -0.4 is 15.0 Å². The highest BCUT2D eigenvalue weighted by atomic mass is 32.2. The van der Waals surface area contributed by atoms with Gasteiger partial charge in [-0.1, -0.05) is 0 Å². The second-order valence-electron chi connectivity index (χ2n) is 7.91. The average molecular weight is 445 g/mol. The lowest BCUT2D eigenvalue weighted by molar-refractivity contribution is -0.120. The van der Waals surface area contributed by atoms with E-state index in [0.717, 1.165) is 37.4 Å². The van der Waals surface area contributed by atoms with Crippen molar-refractivity contribution in [2.75, 3.05) is 43.5 Å². The van der Waals surface area contributed by atoms with E-state index in [0.29, 0.717) is 31.7 Å². The number of rotatable bonds is 6. The number of sulfonamides is 1. The highest BCUT2D eigenvalue weighted by Crippen LogP contribution is 2.29. The van der Waals surface area contributed by atoms with E-state index in [1.807, 2.05) is 12.1 Å².